The zero-order chi connectivity index (χ0) is 27.4. The highest BCUT2D eigenvalue weighted by Gasteiger charge is 2.27. The summed E-state index contributed by atoms with van der Waals surface area (Å²) in [7, 11) is -3.97. The number of benzene rings is 3. The normalized spacial score (nSPS) is 11.6. The minimum absolute atomic E-state index is 0.108. The number of aryl methyl sites for hydroxylation is 4. The number of aromatic nitrogens is 1. The Hall–Kier alpha value is -4.17. The lowest BCUT2D eigenvalue weighted by atomic mass is 10.1. The van der Waals surface area contributed by atoms with Crippen molar-refractivity contribution in [2.45, 2.75) is 39.5 Å². The zero-order valence-corrected chi connectivity index (χ0v) is 23.1. The van der Waals surface area contributed by atoms with Crippen molar-refractivity contribution in [2.24, 2.45) is 5.10 Å². The quantitative estimate of drug-likeness (QED) is 0.247. The van der Waals surface area contributed by atoms with Gasteiger partial charge in [0.05, 0.1) is 16.8 Å². The first-order valence-corrected chi connectivity index (χ1v) is 13.7. The number of amides is 1. The van der Waals surface area contributed by atoms with Crippen molar-refractivity contribution in [2.75, 3.05) is 10.8 Å². The van der Waals surface area contributed by atoms with Gasteiger partial charge >= 0.3 is 0 Å². The van der Waals surface area contributed by atoms with Gasteiger partial charge in [-0.05, 0) is 93.8 Å². The van der Waals surface area contributed by atoms with Crippen molar-refractivity contribution in [1.29, 1.82) is 0 Å². The number of carbonyl (C=O) groups is 1. The third-order valence-electron chi connectivity index (χ3n) is 6.24. The van der Waals surface area contributed by atoms with Crippen molar-refractivity contribution in [3.63, 3.8) is 0 Å². The lowest BCUT2D eigenvalue weighted by Crippen LogP contribution is -2.39. The number of nitrogens with zero attached hydrogens (tertiary/aromatic N) is 3. The molecule has 4 aromatic rings. The van der Waals surface area contributed by atoms with Gasteiger partial charge in [0.2, 0.25) is 0 Å². The molecule has 0 aliphatic rings. The van der Waals surface area contributed by atoms with Crippen LogP contribution in [0.5, 0.6) is 0 Å². The highest BCUT2D eigenvalue weighted by molar-refractivity contribution is 7.92. The molecule has 38 heavy (non-hydrogen) atoms. The Kier molecular flexibility index (Phi) is 7.83. The number of nitrogens with one attached hydrogen (secondary N) is 1. The molecule has 3 aromatic carbocycles. The van der Waals surface area contributed by atoms with Gasteiger partial charge in [0.1, 0.15) is 6.54 Å². The summed E-state index contributed by atoms with van der Waals surface area (Å²) in [5, 5.41) is 4.15. The van der Waals surface area contributed by atoms with Crippen molar-refractivity contribution < 1.29 is 13.2 Å². The van der Waals surface area contributed by atoms with Crippen LogP contribution < -0.4 is 9.73 Å². The summed E-state index contributed by atoms with van der Waals surface area (Å²) in [5.41, 5.74) is 10.1. The van der Waals surface area contributed by atoms with Crippen LogP contribution in [0.4, 0.5) is 5.69 Å². The largest absolute Gasteiger partial charge is 0.318 e. The maximum absolute atomic E-state index is 13.4. The molecule has 0 atom stereocenters. The van der Waals surface area contributed by atoms with Crippen molar-refractivity contribution in [3.05, 3.63) is 113 Å². The Bertz CT molecular complexity index is 1590. The predicted molar refractivity (Wildman–Crippen MR) is 153 cm³/mol. The minimum atomic E-state index is -3.97. The standard InChI is InChI=1S/C30H32N4O3S/c1-21-10-9-11-27(15-21)33(38(36,37)29-12-7-6-8-13-29)20-30(35)32-31-19-26-18-24(4)34(25(26)5)28-16-22(2)14-23(3)17-28/h6-19H,20H2,1-5H3,(H,32,35)/b31-19+. The number of anilines is 1. The summed E-state index contributed by atoms with van der Waals surface area (Å²) in [6, 6.07) is 23.5. The van der Waals surface area contributed by atoms with E-state index in [9.17, 15) is 13.2 Å². The van der Waals surface area contributed by atoms with Crippen molar-refractivity contribution in [3.8, 4) is 5.69 Å². The van der Waals surface area contributed by atoms with E-state index in [1.54, 1.807) is 42.6 Å². The maximum atomic E-state index is 13.4. The molecule has 0 bridgehead atoms. The van der Waals surface area contributed by atoms with Gasteiger partial charge in [0.15, 0.2) is 0 Å². The number of hydrazone groups is 1. The van der Waals surface area contributed by atoms with E-state index in [-0.39, 0.29) is 4.90 Å². The van der Waals surface area contributed by atoms with Crippen LogP contribution in [0.15, 0.2) is 88.9 Å². The third kappa shape index (κ3) is 5.86. The van der Waals surface area contributed by atoms with E-state index in [0.717, 1.165) is 32.5 Å². The van der Waals surface area contributed by atoms with Crippen LogP contribution in [0.1, 0.15) is 33.6 Å². The summed E-state index contributed by atoms with van der Waals surface area (Å²) in [4.78, 5) is 13.0. The molecule has 1 N–H and O–H groups in total. The molecular formula is C30H32N4O3S. The molecule has 0 saturated carbocycles. The van der Waals surface area contributed by atoms with Gasteiger partial charge in [-0.25, -0.2) is 13.8 Å². The Morgan fingerprint density at radius 3 is 2.21 bits per heavy atom. The van der Waals surface area contributed by atoms with Crippen LogP contribution in [-0.2, 0) is 14.8 Å². The second kappa shape index (κ2) is 11.1. The monoisotopic (exact) mass is 528 g/mol. The Labute approximate surface area is 224 Å². The number of hydrogen-bond donors (Lipinski definition) is 1. The van der Waals surface area contributed by atoms with Gasteiger partial charge in [-0.1, -0.05) is 36.4 Å². The van der Waals surface area contributed by atoms with Crippen LogP contribution in [0.2, 0.25) is 0 Å². The Morgan fingerprint density at radius 2 is 1.55 bits per heavy atom. The molecule has 8 heteroatoms. The zero-order valence-electron chi connectivity index (χ0n) is 22.3. The van der Waals surface area contributed by atoms with Crippen LogP contribution in [0.3, 0.4) is 0 Å². The molecule has 4 rings (SSSR count). The molecule has 0 aliphatic heterocycles. The maximum Gasteiger partial charge on any atom is 0.264 e. The third-order valence-corrected chi connectivity index (χ3v) is 8.02. The molecule has 196 valence electrons. The van der Waals surface area contributed by atoms with E-state index in [1.807, 2.05) is 32.9 Å². The summed E-state index contributed by atoms with van der Waals surface area (Å²) in [6.45, 7) is 9.62. The average Bonchev–Trinajstić information content (AvgIpc) is 3.15. The number of hydrogen-bond acceptors (Lipinski definition) is 4. The highest BCUT2D eigenvalue weighted by Crippen LogP contribution is 2.25. The second-order valence-corrected chi connectivity index (χ2v) is 11.3. The fraction of sp³-hybridized carbons (Fsp3) is 0.200. The van der Waals surface area contributed by atoms with Gasteiger partial charge in [-0.15, -0.1) is 0 Å². The number of carbonyl (C=O) groups excluding carboxylic acids is 1. The lowest BCUT2D eigenvalue weighted by molar-refractivity contribution is -0.119. The summed E-state index contributed by atoms with van der Waals surface area (Å²) in [5.74, 6) is -0.551. The topological polar surface area (TPSA) is 83.8 Å². The predicted octanol–water partition coefficient (Wildman–Crippen LogP) is 5.37. The molecule has 0 radical (unpaired) electrons. The first-order valence-electron chi connectivity index (χ1n) is 12.3. The molecule has 1 amide bonds. The first-order chi connectivity index (χ1) is 18.1. The van der Waals surface area contributed by atoms with Gasteiger partial charge < -0.3 is 4.57 Å². The fourth-order valence-corrected chi connectivity index (χ4v) is 5.99. The molecule has 7 nitrogen and oxygen atoms in total. The van der Waals surface area contributed by atoms with Gasteiger partial charge in [-0.2, -0.15) is 5.10 Å². The van der Waals surface area contributed by atoms with E-state index in [2.05, 4.69) is 47.1 Å². The van der Waals surface area contributed by atoms with Crippen LogP contribution in [-0.4, -0.2) is 31.7 Å². The summed E-state index contributed by atoms with van der Waals surface area (Å²) >= 11 is 0. The smallest absolute Gasteiger partial charge is 0.264 e. The molecule has 0 unspecified atom stereocenters. The van der Waals surface area contributed by atoms with Crippen molar-refractivity contribution in [1.82, 2.24) is 9.99 Å². The van der Waals surface area contributed by atoms with Crippen LogP contribution in [0.25, 0.3) is 5.69 Å². The molecular weight excluding hydrogens is 496 g/mol. The SMILES string of the molecule is Cc1cccc(N(CC(=O)N/N=C/c2cc(C)n(-c3cc(C)cc(C)c3)c2C)S(=O)(=O)c2ccccc2)c1. The Balaban J connectivity index is 1.55. The van der Waals surface area contributed by atoms with Crippen molar-refractivity contribution >= 4 is 27.8 Å². The number of sulfonamides is 1. The molecule has 0 aliphatic carbocycles. The van der Waals surface area contributed by atoms with Crippen LogP contribution >= 0.6 is 0 Å². The molecule has 1 aromatic heterocycles. The lowest BCUT2D eigenvalue weighted by Gasteiger charge is -2.24. The van der Waals surface area contributed by atoms with E-state index < -0.39 is 22.5 Å². The number of rotatable bonds is 8. The Morgan fingerprint density at radius 1 is 0.868 bits per heavy atom. The van der Waals surface area contributed by atoms with Gasteiger partial charge in [-0.3, -0.25) is 9.10 Å². The van der Waals surface area contributed by atoms with E-state index in [1.165, 1.54) is 23.3 Å². The fourth-order valence-electron chi connectivity index (χ4n) is 4.55. The van der Waals surface area contributed by atoms with E-state index >= 15 is 0 Å². The van der Waals surface area contributed by atoms with Crippen LogP contribution in [0, 0.1) is 34.6 Å². The first kappa shape index (κ1) is 26.9. The van der Waals surface area contributed by atoms with E-state index in [0.29, 0.717) is 5.69 Å². The summed E-state index contributed by atoms with van der Waals surface area (Å²) in [6.07, 6.45) is 1.59. The van der Waals surface area contributed by atoms with Gasteiger partial charge in [0, 0.05) is 22.6 Å². The van der Waals surface area contributed by atoms with Gasteiger partial charge in [0.25, 0.3) is 15.9 Å². The summed E-state index contributed by atoms with van der Waals surface area (Å²) < 4.78 is 30.1. The second-order valence-electron chi connectivity index (χ2n) is 9.46. The minimum Gasteiger partial charge on any atom is -0.318 e. The molecule has 0 spiro atoms. The molecule has 1 heterocycles. The molecule has 0 fully saturated rings. The van der Waals surface area contributed by atoms with E-state index in [4.69, 9.17) is 0 Å². The average molecular weight is 529 g/mol. The highest BCUT2D eigenvalue weighted by atomic mass is 32.2. The molecule has 0 saturated heterocycles.